The van der Waals surface area contributed by atoms with Crippen LogP contribution in [0.2, 0.25) is 0 Å². The number of nitrogens with one attached hydrogen (secondary N) is 1. The number of fused-ring (bicyclic) bond motifs is 2. The Morgan fingerprint density at radius 1 is 1.28 bits per heavy atom. The van der Waals surface area contributed by atoms with Crippen molar-refractivity contribution in [2.75, 3.05) is 6.54 Å². The molecule has 6 rings (SSSR count). The van der Waals surface area contributed by atoms with E-state index in [0.29, 0.717) is 11.4 Å². The minimum Gasteiger partial charge on any atom is -0.432 e. The van der Waals surface area contributed by atoms with Crippen LogP contribution >= 0.6 is 0 Å². The summed E-state index contributed by atoms with van der Waals surface area (Å²) in [6.45, 7) is 0.0155. The van der Waals surface area contributed by atoms with Gasteiger partial charge < -0.3 is 19.4 Å². The number of carbonyl (C=O) groups is 1. The predicted molar refractivity (Wildman–Crippen MR) is 110 cm³/mol. The zero-order valence-electron chi connectivity index (χ0n) is 18.3. The Kier molecular flexibility index (Phi) is 4.78. The van der Waals surface area contributed by atoms with Crippen molar-refractivity contribution in [1.29, 1.82) is 0 Å². The Morgan fingerprint density at radius 3 is 2.75 bits per heavy atom. The molecule has 4 aromatic rings. The number of aliphatic hydroxyl groups is 1. The third-order valence-corrected chi connectivity index (χ3v) is 6.44. The number of alkyl halides is 5. The Labute approximate surface area is 198 Å². The molecule has 188 valence electrons. The van der Waals surface area contributed by atoms with Gasteiger partial charge in [0, 0.05) is 18.7 Å². The summed E-state index contributed by atoms with van der Waals surface area (Å²) in [5.41, 5.74) is -2.26. The second-order valence-corrected chi connectivity index (χ2v) is 8.80. The van der Waals surface area contributed by atoms with Crippen LogP contribution in [0.25, 0.3) is 5.52 Å². The predicted octanol–water partition coefficient (Wildman–Crippen LogP) is 3.77. The number of aromatic amines is 1. The van der Waals surface area contributed by atoms with Crippen molar-refractivity contribution in [2.45, 2.75) is 43.5 Å². The van der Waals surface area contributed by atoms with E-state index in [4.69, 9.17) is 4.42 Å². The Balaban J connectivity index is 1.47. The molecule has 1 amide bonds. The zero-order valence-corrected chi connectivity index (χ0v) is 18.3. The molecule has 0 aromatic carbocycles. The lowest BCUT2D eigenvalue weighted by atomic mass is 9.99. The number of carbonyl (C=O) groups excluding carboxylic acids is 1. The first-order valence-electron chi connectivity index (χ1n) is 11.0. The van der Waals surface area contributed by atoms with Crippen LogP contribution in [-0.4, -0.2) is 47.0 Å². The van der Waals surface area contributed by atoms with Crippen molar-refractivity contribution in [1.82, 2.24) is 29.5 Å². The number of halogens is 5. The third-order valence-electron chi connectivity index (χ3n) is 6.44. The van der Waals surface area contributed by atoms with Crippen molar-refractivity contribution in [3.05, 3.63) is 70.7 Å². The fraction of sp³-hybridized carbons (Fsp3) is 0.364. The molecule has 2 N–H and O–H groups in total. The summed E-state index contributed by atoms with van der Waals surface area (Å²) in [6.07, 6.45) is -5.66. The summed E-state index contributed by atoms with van der Waals surface area (Å²) in [6, 6.07) is 3.84. The molecule has 9 nitrogen and oxygen atoms in total. The lowest BCUT2D eigenvalue weighted by Gasteiger charge is -2.33. The normalized spacial score (nSPS) is 19.2. The van der Waals surface area contributed by atoms with E-state index in [1.54, 1.807) is 0 Å². The van der Waals surface area contributed by atoms with E-state index in [0.717, 1.165) is 10.6 Å². The standard InChI is InChI=1S/C22H17F5N6O3/c23-18(24)15-17(36-20(30-15)21(35)5-6-21)19(34)32-7-4-11-14(29-9-28-11)16(32)12-8-10-2-1-3-13(22(25,26)27)33(10)31-12/h1-3,8-9,16,18,35H,4-7H2,(H,28,29)/t16-/m1/s1. The molecule has 4 aromatic heterocycles. The first-order chi connectivity index (χ1) is 17.1. The largest absolute Gasteiger partial charge is 0.433 e. The summed E-state index contributed by atoms with van der Waals surface area (Å²) >= 11 is 0. The number of imidazole rings is 1. The summed E-state index contributed by atoms with van der Waals surface area (Å²) in [5, 5.41) is 14.4. The number of oxazole rings is 1. The van der Waals surface area contributed by atoms with E-state index in [2.05, 4.69) is 20.1 Å². The monoisotopic (exact) mass is 508 g/mol. The maximum Gasteiger partial charge on any atom is 0.433 e. The topological polar surface area (TPSA) is 113 Å². The molecular formula is C22H17F5N6O3. The minimum absolute atomic E-state index is 0.0155. The molecule has 0 bridgehead atoms. The van der Waals surface area contributed by atoms with Crippen molar-refractivity contribution in [2.24, 2.45) is 0 Å². The molecular weight excluding hydrogens is 491 g/mol. The average molecular weight is 508 g/mol. The summed E-state index contributed by atoms with van der Waals surface area (Å²) in [7, 11) is 0. The van der Waals surface area contributed by atoms with Gasteiger partial charge in [-0.25, -0.2) is 23.3 Å². The van der Waals surface area contributed by atoms with Gasteiger partial charge >= 0.3 is 6.18 Å². The van der Waals surface area contributed by atoms with E-state index in [1.807, 2.05) is 0 Å². The van der Waals surface area contributed by atoms with E-state index >= 15 is 0 Å². The molecule has 14 heteroatoms. The highest BCUT2D eigenvalue weighted by molar-refractivity contribution is 5.93. The van der Waals surface area contributed by atoms with Crippen molar-refractivity contribution in [3.8, 4) is 0 Å². The van der Waals surface area contributed by atoms with Crippen LogP contribution in [0, 0.1) is 0 Å². The summed E-state index contributed by atoms with van der Waals surface area (Å²) < 4.78 is 74.3. The number of hydrogen-bond acceptors (Lipinski definition) is 6. The second kappa shape index (κ2) is 7.59. The second-order valence-electron chi connectivity index (χ2n) is 8.80. The lowest BCUT2D eigenvalue weighted by molar-refractivity contribution is -0.142. The van der Waals surface area contributed by atoms with Gasteiger partial charge in [0.1, 0.15) is 17.3 Å². The van der Waals surface area contributed by atoms with E-state index in [-0.39, 0.29) is 42.9 Å². The number of pyridine rings is 1. The van der Waals surface area contributed by atoms with Crippen LogP contribution in [0.5, 0.6) is 0 Å². The van der Waals surface area contributed by atoms with Gasteiger partial charge in [-0.15, -0.1) is 0 Å². The van der Waals surface area contributed by atoms with Gasteiger partial charge in [-0.1, -0.05) is 6.07 Å². The zero-order chi connectivity index (χ0) is 25.4. The van der Waals surface area contributed by atoms with Gasteiger partial charge in [-0.2, -0.15) is 18.3 Å². The third kappa shape index (κ3) is 3.46. The first kappa shape index (κ1) is 22.6. The Bertz CT molecular complexity index is 1480. The molecule has 0 radical (unpaired) electrons. The van der Waals surface area contributed by atoms with Crippen molar-refractivity contribution >= 4 is 11.4 Å². The van der Waals surface area contributed by atoms with Gasteiger partial charge in [0.2, 0.25) is 11.7 Å². The Morgan fingerprint density at radius 2 is 2.06 bits per heavy atom. The van der Waals surface area contributed by atoms with Crippen LogP contribution < -0.4 is 0 Å². The SMILES string of the molecule is O=C(c1oc(C2(O)CC2)nc1C(F)F)N1CCc2[nH]cnc2[C@H]1c1cc2cccc(C(F)(F)F)n2n1. The minimum atomic E-state index is -4.69. The molecule has 1 atom stereocenters. The molecule has 1 fully saturated rings. The van der Waals surface area contributed by atoms with Gasteiger partial charge in [0.25, 0.3) is 12.3 Å². The van der Waals surface area contributed by atoms with Crippen LogP contribution in [0.4, 0.5) is 22.0 Å². The van der Waals surface area contributed by atoms with E-state index in [9.17, 15) is 31.9 Å². The molecule has 5 heterocycles. The smallest absolute Gasteiger partial charge is 0.432 e. The number of amides is 1. The van der Waals surface area contributed by atoms with Crippen molar-refractivity contribution in [3.63, 3.8) is 0 Å². The highest BCUT2D eigenvalue weighted by Crippen LogP contribution is 2.46. The molecule has 36 heavy (non-hydrogen) atoms. The number of hydrogen-bond donors (Lipinski definition) is 2. The highest BCUT2D eigenvalue weighted by atomic mass is 19.4. The number of rotatable bonds is 4. The molecule has 1 aliphatic carbocycles. The van der Waals surface area contributed by atoms with Crippen LogP contribution in [0.15, 0.2) is 35.0 Å². The quantitative estimate of drug-likeness (QED) is 0.406. The van der Waals surface area contributed by atoms with Crippen LogP contribution in [-0.2, 0) is 18.2 Å². The number of H-pyrrole nitrogens is 1. The molecule has 1 aliphatic heterocycles. The maximum atomic E-state index is 13.8. The van der Waals surface area contributed by atoms with Crippen LogP contribution in [0.1, 0.15) is 70.2 Å². The summed E-state index contributed by atoms with van der Waals surface area (Å²) in [5.74, 6) is -2.05. The van der Waals surface area contributed by atoms with Gasteiger partial charge in [-0.3, -0.25) is 4.79 Å². The van der Waals surface area contributed by atoms with Crippen LogP contribution in [0.3, 0.4) is 0 Å². The fourth-order valence-electron chi connectivity index (χ4n) is 4.47. The van der Waals surface area contributed by atoms with E-state index < -0.39 is 47.3 Å². The van der Waals surface area contributed by atoms with Crippen molar-refractivity contribution < 1.29 is 36.3 Å². The molecule has 1 saturated carbocycles. The van der Waals surface area contributed by atoms with Gasteiger partial charge in [0.05, 0.1) is 23.2 Å². The Hall–Kier alpha value is -3.81. The lowest BCUT2D eigenvalue weighted by Crippen LogP contribution is -2.41. The first-order valence-corrected chi connectivity index (χ1v) is 11.0. The molecule has 0 saturated heterocycles. The number of aromatic nitrogens is 5. The summed E-state index contributed by atoms with van der Waals surface area (Å²) in [4.78, 5) is 25.6. The fourth-order valence-corrected chi connectivity index (χ4v) is 4.47. The average Bonchev–Trinajstić information content (AvgIpc) is 3.24. The van der Waals surface area contributed by atoms with E-state index in [1.165, 1.54) is 29.4 Å². The molecule has 2 aliphatic rings. The van der Waals surface area contributed by atoms with Gasteiger partial charge in [-0.05, 0) is 31.0 Å². The molecule has 0 spiro atoms. The highest BCUT2D eigenvalue weighted by Gasteiger charge is 2.49. The van der Waals surface area contributed by atoms with Gasteiger partial charge in [0.15, 0.2) is 5.69 Å². The molecule has 0 unspecified atom stereocenters. The maximum absolute atomic E-state index is 13.8. The number of nitrogens with zero attached hydrogens (tertiary/aromatic N) is 5.